The first-order valence-corrected chi connectivity index (χ1v) is 8.24. The van der Waals surface area contributed by atoms with Crippen molar-refractivity contribution < 1.29 is 0 Å². The molecule has 0 aliphatic carbocycles. The van der Waals surface area contributed by atoms with Gasteiger partial charge in [0.15, 0.2) is 0 Å². The lowest BCUT2D eigenvalue weighted by Crippen LogP contribution is -2.26. The number of nitrogens with zero attached hydrogens (tertiary/aromatic N) is 3. The van der Waals surface area contributed by atoms with Crippen molar-refractivity contribution in [3.8, 4) is 11.3 Å². The Morgan fingerprint density at radius 1 is 0.955 bits per heavy atom. The van der Waals surface area contributed by atoms with Gasteiger partial charge in [-0.15, -0.1) is 0 Å². The van der Waals surface area contributed by atoms with Crippen molar-refractivity contribution in [2.45, 2.75) is 32.1 Å². The second kappa shape index (κ2) is 7.36. The Morgan fingerprint density at radius 2 is 1.68 bits per heavy atom. The molecular weight excluding hydrogens is 272 g/mol. The third kappa shape index (κ3) is 3.63. The van der Waals surface area contributed by atoms with E-state index in [1.165, 1.54) is 31.2 Å². The van der Waals surface area contributed by atoms with Crippen LogP contribution in [0.4, 0.5) is 5.95 Å². The van der Waals surface area contributed by atoms with E-state index in [4.69, 9.17) is 10.7 Å². The monoisotopic (exact) mass is 296 g/mol. The number of benzene rings is 1. The minimum atomic E-state index is 0.686. The Kier molecular flexibility index (Phi) is 5.01. The highest BCUT2D eigenvalue weighted by atomic mass is 15.2. The van der Waals surface area contributed by atoms with Crippen LogP contribution in [0.3, 0.4) is 0 Å². The van der Waals surface area contributed by atoms with Crippen LogP contribution in [-0.2, 0) is 6.42 Å². The van der Waals surface area contributed by atoms with Crippen LogP contribution in [0, 0.1) is 0 Å². The predicted octanol–water partition coefficient (Wildman–Crippen LogP) is 3.03. The van der Waals surface area contributed by atoms with Gasteiger partial charge in [0.1, 0.15) is 0 Å². The molecule has 2 N–H and O–H groups in total. The van der Waals surface area contributed by atoms with Gasteiger partial charge in [0.2, 0.25) is 5.95 Å². The van der Waals surface area contributed by atoms with Gasteiger partial charge in [-0.25, -0.2) is 9.97 Å². The number of anilines is 1. The average Bonchev–Trinajstić information content (AvgIpc) is 2.85. The Labute approximate surface area is 132 Å². The molecule has 2 aromatic rings. The van der Waals surface area contributed by atoms with Gasteiger partial charge in [0.05, 0.1) is 5.69 Å². The summed E-state index contributed by atoms with van der Waals surface area (Å²) >= 11 is 0. The van der Waals surface area contributed by atoms with Gasteiger partial charge in [-0.2, -0.15) is 0 Å². The zero-order valence-corrected chi connectivity index (χ0v) is 13.0. The Bertz CT molecular complexity index is 586. The summed E-state index contributed by atoms with van der Waals surface area (Å²) in [5.41, 5.74) is 9.00. The van der Waals surface area contributed by atoms with E-state index in [0.29, 0.717) is 6.54 Å². The summed E-state index contributed by atoms with van der Waals surface area (Å²) in [5.74, 6) is 0.866. The third-order valence-corrected chi connectivity index (χ3v) is 4.21. The molecule has 116 valence electrons. The van der Waals surface area contributed by atoms with Crippen LogP contribution in [0.25, 0.3) is 11.3 Å². The second-order valence-corrected chi connectivity index (χ2v) is 5.88. The van der Waals surface area contributed by atoms with Gasteiger partial charge in [-0.3, -0.25) is 0 Å². The van der Waals surface area contributed by atoms with Crippen molar-refractivity contribution >= 4 is 5.95 Å². The summed E-state index contributed by atoms with van der Waals surface area (Å²) in [6.07, 6.45) is 7.90. The first kappa shape index (κ1) is 15.0. The molecule has 0 radical (unpaired) electrons. The highest BCUT2D eigenvalue weighted by molar-refractivity contribution is 5.60. The van der Waals surface area contributed by atoms with Crippen LogP contribution >= 0.6 is 0 Å². The lowest BCUT2D eigenvalue weighted by atomic mass is 10.1. The van der Waals surface area contributed by atoms with E-state index in [9.17, 15) is 0 Å². The Hall–Kier alpha value is -1.94. The molecule has 3 rings (SSSR count). The van der Waals surface area contributed by atoms with E-state index in [2.05, 4.69) is 34.1 Å². The van der Waals surface area contributed by atoms with Crippen LogP contribution in [0.1, 0.15) is 31.2 Å². The molecular formula is C18H24N4. The highest BCUT2D eigenvalue weighted by Crippen LogP contribution is 2.21. The highest BCUT2D eigenvalue weighted by Gasteiger charge is 2.13. The molecule has 1 aromatic carbocycles. The summed E-state index contributed by atoms with van der Waals surface area (Å²) in [5, 5.41) is 0. The molecule has 4 nitrogen and oxygen atoms in total. The van der Waals surface area contributed by atoms with Crippen molar-refractivity contribution in [3.63, 3.8) is 0 Å². The molecule has 2 heterocycles. The summed E-state index contributed by atoms with van der Waals surface area (Å²) in [4.78, 5) is 11.6. The van der Waals surface area contributed by atoms with Crippen LogP contribution in [0.2, 0.25) is 0 Å². The van der Waals surface area contributed by atoms with E-state index in [1.807, 2.05) is 12.3 Å². The van der Waals surface area contributed by atoms with Gasteiger partial charge in [-0.05, 0) is 37.4 Å². The normalized spacial score (nSPS) is 15.6. The molecule has 1 aliphatic heterocycles. The molecule has 0 bridgehead atoms. The van der Waals surface area contributed by atoms with E-state index in [-0.39, 0.29) is 0 Å². The molecule has 0 atom stereocenters. The molecule has 1 aromatic heterocycles. The largest absolute Gasteiger partial charge is 0.341 e. The first-order chi connectivity index (χ1) is 10.9. The van der Waals surface area contributed by atoms with Gasteiger partial charge >= 0.3 is 0 Å². The summed E-state index contributed by atoms with van der Waals surface area (Å²) < 4.78 is 0. The number of aromatic nitrogens is 2. The minimum absolute atomic E-state index is 0.686. The summed E-state index contributed by atoms with van der Waals surface area (Å²) in [7, 11) is 0. The lowest BCUT2D eigenvalue weighted by molar-refractivity contribution is 0.726. The average molecular weight is 296 g/mol. The molecule has 0 saturated carbocycles. The van der Waals surface area contributed by atoms with E-state index < -0.39 is 0 Å². The summed E-state index contributed by atoms with van der Waals surface area (Å²) in [6.45, 7) is 2.82. The van der Waals surface area contributed by atoms with Crippen LogP contribution in [0.5, 0.6) is 0 Å². The molecule has 4 heteroatoms. The fraction of sp³-hybridized carbons (Fsp3) is 0.444. The van der Waals surface area contributed by atoms with Crippen LogP contribution in [-0.4, -0.2) is 29.6 Å². The predicted molar refractivity (Wildman–Crippen MR) is 90.9 cm³/mol. The molecule has 0 spiro atoms. The quantitative estimate of drug-likeness (QED) is 0.942. The van der Waals surface area contributed by atoms with Gasteiger partial charge in [-0.1, -0.05) is 37.1 Å². The van der Waals surface area contributed by atoms with Gasteiger partial charge < -0.3 is 10.6 Å². The van der Waals surface area contributed by atoms with Gasteiger partial charge in [0.25, 0.3) is 0 Å². The van der Waals surface area contributed by atoms with E-state index >= 15 is 0 Å². The lowest BCUT2D eigenvalue weighted by Gasteiger charge is -2.20. The smallest absolute Gasteiger partial charge is 0.225 e. The number of hydrogen-bond acceptors (Lipinski definition) is 4. The molecule has 1 saturated heterocycles. The molecule has 22 heavy (non-hydrogen) atoms. The maximum atomic E-state index is 5.60. The maximum absolute atomic E-state index is 5.60. The fourth-order valence-corrected chi connectivity index (χ4v) is 2.94. The van der Waals surface area contributed by atoms with E-state index in [0.717, 1.165) is 36.7 Å². The third-order valence-electron chi connectivity index (χ3n) is 4.21. The van der Waals surface area contributed by atoms with Crippen molar-refractivity contribution in [1.82, 2.24) is 9.97 Å². The maximum Gasteiger partial charge on any atom is 0.225 e. The second-order valence-electron chi connectivity index (χ2n) is 5.88. The van der Waals surface area contributed by atoms with Crippen molar-refractivity contribution in [3.05, 3.63) is 42.1 Å². The standard InChI is InChI=1S/C18H24N4/c19-11-9-15-5-7-16(8-6-15)17-10-12-20-18(21-17)22-13-3-1-2-4-14-22/h5-8,10,12H,1-4,9,11,13-14,19H2. The number of rotatable bonds is 4. The first-order valence-electron chi connectivity index (χ1n) is 8.24. The minimum Gasteiger partial charge on any atom is -0.341 e. The number of nitrogens with two attached hydrogens (primary N) is 1. The van der Waals surface area contributed by atoms with Crippen LogP contribution in [0.15, 0.2) is 36.5 Å². The topological polar surface area (TPSA) is 55.0 Å². The Balaban J connectivity index is 1.80. The van der Waals surface area contributed by atoms with Crippen molar-refractivity contribution in [2.75, 3.05) is 24.5 Å². The molecule has 0 amide bonds. The Morgan fingerprint density at radius 3 is 2.36 bits per heavy atom. The number of hydrogen-bond donors (Lipinski definition) is 1. The zero-order valence-electron chi connectivity index (χ0n) is 13.0. The van der Waals surface area contributed by atoms with Crippen LogP contribution < -0.4 is 10.6 Å². The SMILES string of the molecule is NCCc1ccc(-c2ccnc(N3CCCCCC3)n2)cc1. The zero-order chi connectivity index (χ0) is 15.2. The fourth-order valence-electron chi connectivity index (χ4n) is 2.94. The summed E-state index contributed by atoms with van der Waals surface area (Å²) in [6, 6.07) is 10.5. The van der Waals surface area contributed by atoms with Crippen molar-refractivity contribution in [2.24, 2.45) is 5.73 Å². The molecule has 0 unspecified atom stereocenters. The van der Waals surface area contributed by atoms with Gasteiger partial charge in [0, 0.05) is 24.8 Å². The molecule has 1 aliphatic rings. The van der Waals surface area contributed by atoms with Crippen molar-refractivity contribution in [1.29, 1.82) is 0 Å². The van der Waals surface area contributed by atoms with E-state index in [1.54, 1.807) is 0 Å². The molecule has 1 fully saturated rings.